The zero-order valence-electron chi connectivity index (χ0n) is 16.3. The van der Waals surface area contributed by atoms with Crippen LogP contribution < -0.4 is 4.72 Å². The zero-order valence-corrected chi connectivity index (χ0v) is 18.0. The first kappa shape index (κ1) is 20.5. The summed E-state index contributed by atoms with van der Waals surface area (Å²) in [6, 6.07) is 16.4. The van der Waals surface area contributed by atoms with Crippen LogP contribution in [-0.4, -0.2) is 41.7 Å². The molecule has 0 atom stereocenters. The van der Waals surface area contributed by atoms with Crippen LogP contribution in [0.2, 0.25) is 0 Å². The second kappa shape index (κ2) is 8.93. The van der Waals surface area contributed by atoms with Crippen molar-refractivity contribution < 1.29 is 13.2 Å². The van der Waals surface area contributed by atoms with Gasteiger partial charge in [-0.05, 0) is 42.5 Å². The summed E-state index contributed by atoms with van der Waals surface area (Å²) in [5.41, 5.74) is 1.95. The standard InChI is InChI=1S/C21H22N4O3S2/c26-20(25-13-5-2-6-14-25)15-19-22-21(29-23-19)24-30(27,28)18-11-9-17(10-12-18)16-7-3-1-4-8-16/h1,3-4,7-12H,2,5-6,13-15H2,(H,22,23,24). The number of nitrogens with zero attached hydrogens (tertiary/aromatic N) is 3. The maximum atomic E-state index is 12.7. The van der Waals surface area contributed by atoms with Crippen molar-refractivity contribution in [3.63, 3.8) is 0 Å². The molecule has 30 heavy (non-hydrogen) atoms. The molecule has 1 saturated heterocycles. The van der Waals surface area contributed by atoms with E-state index in [2.05, 4.69) is 14.1 Å². The summed E-state index contributed by atoms with van der Waals surface area (Å²) in [4.78, 5) is 18.5. The fourth-order valence-electron chi connectivity index (χ4n) is 3.39. The molecule has 156 valence electrons. The van der Waals surface area contributed by atoms with Gasteiger partial charge in [0.2, 0.25) is 11.0 Å². The van der Waals surface area contributed by atoms with Gasteiger partial charge in [0.1, 0.15) is 0 Å². The zero-order chi connectivity index (χ0) is 21.0. The molecular formula is C21H22N4O3S2. The molecule has 1 fully saturated rings. The van der Waals surface area contributed by atoms with Gasteiger partial charge in [-0.15, -0.1) is 0 Å². The van der Waals surface area contributed by atoms with Crippen LogP contribution in [0, 0.1) is 0 Å². The molecule has 7 nitrogen and oxygen atoms in total. The van der Waals surface area contributed by atoms with Crippen molar-refractivity contribution >= 4 is 32.6 Å². The van der Waals surface area contributed by atoms with Crippen molar-refractivity contribution in [2.45, 2.75) is 30.6 Å². The van der Waals surface area contributed by atoms with Crippen LogP contribution in [-0.2, 0) is 21.2 Å². The minimum absolute atomic E-state index is 0.0154. The fourth-order valence-corrected chi connectivity index (χ4v) is 5.20. The molecule has 0 spiro atoms. The first-order chi connectivity index (χ1) is 14.5. The van der Waals surface area contributed by atoms with E-state index >= 15 is 0 Å². The number of rotatable bonds is 6. The maximum absolute atomic E-state index is 12.7. The first-order valence-corrected chi connectivity index (χ1v) is 12.1. The van der Waals surface area contributed by atoms with Crippen LogP contribution in [0.15, 0.2) is 59.5 Å². The highest BCUT2D eigenvalue weighted by Gasteiger charge is 2.21. The Bertz CT molecular complexity index is 1110. The van der Waals surface area contributed by atoms with E-state index in [1.165, 1.54) is 0 Å². The molecule has 0 aliphatic carbocycles. The van der Waals surface area contributed by atoms with Gasteiger partial charge in [0, 0.05) is 24.6 Å². The first-order valence-electron chi connectivity index (χ1n) is 9.80. The molecule has 1 N–H and O–H groups in total. The fraction of sp³-hybridized carbons (Fsp3) is 0.286. The lowest BCUT2D eigenvalue weighted by Gasteiger charge is -2.26. The van der Waals surface area contributed by atoms with Crippen molar-refractivity contribution in [1.29, 1.82) is 0 Å². The van der Waals surface area contributed by atoms with Crippen molar-refractivity contribution in [2.75, 3.05) is 17.8 Å². The monoisotopic (exact) mass is 442 g/mol. The molecule has 2 heterocycles. The van der Waals surface area contributed by atoms with Gasteiger partial charge in [0.05, 0.1) is 11.3 Å². The number of hydrogen-bond acceptors (Lipinski definition) is 6. The summed E-state index contributed by atoms with van der Waals surface area (Å²) in [6.45, 7) is 1.53. The summed E-state index contributed by atoms with van der Waals surface area (Å²) in [5, 5.41) is 0.156. The predicted molar refractivity (Wildman–Crippen MR) is 117 cm³/mol. The number of carbonyl (C=O) groups excluding carboxylic acids is 1. The Morgan fingerprint density at radius 2 is 1.63 bits per heavy atom. The minimum atomic E-state index is -3.79. The Labute approximate surface area is 180 Å². The number of sulfonamides is 1. The Balaban J connectivity index is 1.41. The van der Waals surface area contributed by atoms with Gasteiger partial charge >= 0.3 is 0 Å². The van der Waals surface area contributed by atoms with Crippen LogP contribution in [0.4, 0.5) is 5.13 Å². The van der Waals surface area contributed by atoms with E-state index in [1.54, 1.807) is 24.3 Å². The Morgan fingerprint density at radius 1 is 0.967 bits per heavy atom. The average Bonchev–Trinajstić information content (AvgIpc) is 3.21. The number of benzene rings is 2. The van der Waals surface area contributed by atoms with Gasteiger partial charge in [-0.1, -0.05) is 42.5 Å². The van der Waals surface area contributed by atoms with E-state index in [4.69, 9.17) is 0 Å². The predicted octanol–water partition coefficient (Wildman–Crippen LogP) is 3.56. The van der Waals surface area contributed by atoms with Crippen LogP contribution in [0.25, 0.3) is 11.1 Å². The van der Waals surface area contributed by atoms with Crippen molar-refractivity contribution in [3.8, 4) is 11.1 Å². The van der Waals surface area contributed by atoms with Crippen LogP contribution >= 0.6 is 11.5 Å². The third kappa shape index (κ3) is 4.85. The largest absolute Gasteiger partial charge is 0.342 e. The molecule has 4 rings (SSSR count). The van der Waals surface area contributed by atoms with E-state index in [9.17, 15) is 13.2 Å². The third-order valence-corrected chi connectivity index (χ3v) is 7.13. The topological polar surface area (TPSA) is 92.3 Å². The highest BCUT2D eigenvalue weighted by Crippen LogP contribution is 2.23. The highest BCUT2D eigenvalue weighted by atomic mass is 32.2. The molecule has 1 aromatic heterocycles. The Morgan fingerprint density at radius 3 is 2.33 bits per heavy atom. The van der Waals surface area contributed by atoms with E-state index < -0.39 is 10.0 Å². The van der Waals surface area contributed by atoms with Gasteiger partial charge in [-0.3, -0.25) is 9.52 Å². The number of anilines is 1. The summed E-state index contributed by atoms with van der Waals surface area (Å²) < 4.78 is 32.0. The molecule has 0 bridgehead atoms. The van der Waals surface area contributed by atoms with E-state index in [-0.39, 0.29) is 22.4 Å². The molecule has 2 aromatic carbocycles. The van der Waals surface area contributed by atoms with Gasteiger partial charge < -0.3 is 4.90 Å². The second-order valence-corrected chi connectivity index (χ2v) is 9.56. The van der Waals surface area contributed by atoms with Crippen LogP contribution in [0.3, 0.4) is 0 Å². The normalized spacial score (nSPS) is 14.5. The number of nitrogens with one attached hydrogen (secondary N) is 1. The van der Waals surface area contributed by atoms with Crippen LogP contribution in [0.5, 0.6) is 0 Å². The van der Waals surface area contributed by atoms with Gasteiger partial charge in [-0.2, -0.15) is 4.37 Å². The lowest BCUT2D eigenvalue weighted by Crippen LogP contribution is -2.36. The van der Waals surface area contributed by atoms with Crippen LogP contribution in [0.1, 0.15) is 25.1 Å². The maximum Gasteiger partial charge on any atom is 0.263 e. The quantitative estimate of drug-likeness (QED) is 0.630. The van der Waals surface area contributed by atoms with Gasteiger partial charge in [0.15, 0.2) is 5.82 Å². The van der Waals surface area contributed by atoms with E-state index in [0.29, 0.717) is 5.82 Å². The van der Waals surface area contributed by atoms with Crippen molar-refractivity contribution in [1.82, 2.24) is 14.3 Å². The molecule has 1 aliphatic rings. The number of likely N-dealkylation sites (tertiary alicyclic amines) is 1. The lowest BCUT2D eigenvalue weighted by atomic mass is 10.1. The molecular weight excluding hydrogens is 420 g/mol. The molecule has 0 radical (unpaired) electrons. The second-order valence-electron chi connectivity index (χ2n) is 7.13. The number of piperidine rings is 1. The Hall–Kier alpha value is -2.78. The van der Waals surface area contributed by atoms with Crippen molar-refractivity contribution in [2.24, 2.45) is 0 Å². The summed E-state index contributed by atoms with van der Waals surface area (Å²) >= 11 is 0.938. The Kier molecular flexibility index (Phi) is 6.10. The van der Waals surface area contributed by atoms with E-state index in [0.717, 1.165) is 55.0 Å². The average molecular weight is 443 g/mol. The summed E-state index contributed by atoms with van der Waals surface area (Å²) in [7, 11) is -3.79. The number of amides is 1. The number of hydrogen-bond donors (Lipinski definition) is 1. The highest BCUT2D eigenvalue weighted by molar-refractivity contribution is 7.93. The molecule has 3 aromatic rings. The smallest absolute Gasteiger partial charge is 0.263 e. The van der Waals surface area contributed by atoms with E-state index in [1.807, 2.05) is 35.2 Å². The SMILES string of the molecule is O=C(Cc1nsc(NS(=O)(=O)c2ccc(-c3ccccc3)cc2)n1)N1CCCCC1. The van der Waals surface area contributed by atoms with Gasteiger partial charge in [-0.25, -0.2) is 13.4 Å². The lowest BCUT2D eigenvalue weighted by molar-refractivity contribution is -0.131. The van der Waals surface area contributed by atoms with Gasteiger partial charge in [0.25, 0.3) is 10.0 Å². The summed E-state index contributed by atoms with van der Waals surface area (Å²) in [6.07, 6.45) is 3.27. The van der Waals surface area contributed by atoms with Crippen molar-refractivity contribution in [3.05, 3.63) is 60.4 Å². The molecule has 1 amide bonds. The third-order valence-electron chi connectivity index (χ3n) is 4.98. The number of aromatic nitrogens is 2. The summed E-state index contributed by atoms with van der Waals surface area (Å²) in [5.74, 6) is 0.325. The molecule has 0 saturated carbocycles. The minimum Gasteiger partial charge on any atom is -0.342 e. The molecule has 9 heteroatoms. The molecule has 0 unspecified atom stereocenters. The molecule has 1 aliphatic heterocycles. The number of carbonyl (C=O) groups is 1.